The van der Waals surface area contributed by atoms with Crippen molar-refractivity contribution in [2.75, 3.05) is 19.6 Å². The van der Waals surface area contributed by atoms with Crippen LogP contribution in [0.15, 0.2) is 54.6 Å². The molecule has 3 atom stereocenters. The van der Waals surface area contributed by atoms with Crippen LogP contribution in [0.2, 0.25) is 0 Å². The number of carbonyl (C=O) groups excluding carboxylic acids is 2. The van der Waals surface area contributed by atoms with Crippen LogP contribution in [0.25, 0.3) is 0 Å². The van der Waals surface area contributed by atoms with Crippen molar-refractivity contribution in [2.24, 2.45) is 11.8 Å². The zero-order valence-electron chi connectivity index (χ0n) is 20.8. The van der Waals surface area contributed by atoms with Gasteiger partial charge in [-0.3, -0.25) is 10.1 Å². The van der Waals surface area contributed by atoms with Crippen molar-refractivity contribution in [3.05, 3.63) is 70.3 Å². The number of nitrogens with one attached hydrogen (secondary N) is 1. The molecule has 2 aromatic carbocycles. The van der Waals surface area contributed by atoms with E-state index in [4.69, 9.17) is 24.9 Å². The lowest BCUT2D eigenvalue weighted by atomic mass is 9.84. The van der Waals surface area contributed by atoms with E-state index in [1.165, 1.54) is 24.3 Å². The highest BCUT2D eigenvalue weighted by Crippen LogP contribution is 2.49. The van der Waals surface area contributed by atoms with Crippen LogP contribution in [0.4, 0.5) is 10.5 Å². The Morgan fingerprint density at radius 1 is 1.26 bits per heavy atom. The van der Waals surface area contributed by atoms with Crippen LogP contribution in [0.3, 0.4) is 0 Å². The van der Waals surface area contributed by atoms with E-state index < -0.39 is 34.5 Å². The van der Waals surface area contributed by atoms with E-state index >= 15 is 0 Å². The van der Waals surface area contributed by atoms with Gasteiger partial charge in [-0.25, -0.2) is 20.3 Å². The molecule has 4 rings (SSSR count). The summed E-state index contributed by atoms with van der Waals surface area (Å²) in [5.74, 6) is -1.01. The summed E-state index contributed by atoms with van der Waals surface area (Å²) in [6.07, 6.45) is 0.167. The molecule has 0 saturated carbocycles. The summed E-state index contributed by atoms with van der Waals surface area (Å²) in [5.41, 5.74) is 0.493. The maximum atomic E-state index is 12.2. The van der Waals surface area contributed by atoms with E-state index in [-0.39, 0.29) is 24.1 Å². The lowest BCUT2D eigenvalue weighted by Crippen LogP contribution is -2.62. The highest BCUT2D eigenvalue weighted by atomic mass is 16.9. The van der Waals surface area contributed by atoms with Crippen LogP contribution in [0.5, 0.6) is 5.75 Å². The van der Waals surface area contributed by atoms with Gasteiger partial charge in [-0.15, -0.1) is 0 Å². The molecule has 0 radical (unpaired) electrons. The molecule has 0 aromatic heterocycles. The van der Waals surface area contributed by atoms with Gasteiger partial charge in [0.25, 0.3) is 0 Å². The Hall–Kier alpha value is -3.78. The standard InChI is InChI=1S/C25H30N4O9/c1-17(27-23(31)35-16-18-7-3-2-4-8-18)15-28-13-11-19(12-14-28)25(38-26,24(32)22(30)37-24)36-21-10-6-5-9-20(21)29(33)34/h2-10,17,19,32H,11-16,26H2,1H3,(H,27,31)/t17-,24+,25-/m1/s1. The van der Waals surface area contributed by atoms with E-state index in [0.717, 1.165) is 5.56 Å². The molecule has 2 saturated heterocycles. The molecule has 0 bridgehead atoms. The summed E-state index contributed by atoms with van der Waals surface area (Å²) < 4.78 is 15.9. The second kappa shape index (κ2) is 11.3. The molecular formula is C25H30N4O9. The van der Waals surface area contributed by atoms with E-state index in [1.54, 1.807) is 0 Å². The highest BCUT2D eigenvalue weighted by molar-refractivity contribution is 5.92. The largest absolute Gasteiger partial charge is 0.446 e. The third-order valence-electron chi connectivity index (χ3n) is 6.68. The Balaban J connectivity index is 1.36. The lowest BCUT2D eigenvalue weighted by Gasteiger charge is -2.42. The number of rotatable bonds is 11. The summed E-state index contributed by atoms with van der Waals surface area (Å²) >= 11 is 0. The molecule has 2 aromatic rings. The van der Waals surface area contributed by atoms with E-state index in [9.17, 15) is 24.8 Å². The third kappa shape index (κ3) is 5.70. The van der Waals surface area contributed by atoms with Gasteiger partial charge in [-0.05, 0) is 44.5 Å². The minimum absolute atomic E-state index is 0.162. The number of hydrogen-bond donors (Lipinski definition) is 3. The minimum Gasteiger partial charge on any atom is -0.446 e. The number of aliphatic hydroxyl groups is 1. The first-order valence-corrected chi connectivity index (χ1v) is 12.1. The quantitative estimate of drug-likeness (QED) is 0.167. The predicted molar refractivity (Wildman–Crippen MR) is 131 cm³/mol. The Morgan fingerprint density at radius 2 is 1.89 bits per heavy atom. The topological polar surface area (TPSA) is 179 Å². The fraction of sp³-hybridized carbons (Fsp3) is 0.440. The maximum Gasteiger partial charge on any atom is 0.407 e. The molecule has 1 amide bonds. The number of epoxide rings is 1. The highest BCUT2D eigenvalue weighted by Gasteiger charge is 2.78. The Morgan fingerprint density at radius 3 is 2.50 bits per heavy atom. The number of carbonyl (C=O) groups is 2. The van der Waals surface area contributed by atoms with Crippen LogP contribution < -0.4 is 16.0 Å². The van der Waals surface area contributed by atoms with Gasteiger partial charge in [0.2, 0.25) is 5.75 Å². The van der Waals surface area contributed by atoms with Gasteiger partial charge in [0.15, 0.2) is 0 Å². The zero-order chi connectivity index (χ0) is 27.3. The van der Waals surface area contributed by atoms with Crippen molar-refractivity contribution < 1.29 is 38.7 Å². The first kappa shape index (κ1) is 27.3. The number of nitrogens with two attached hydrogens (primary N) is 1. The number of alkyl carbamates (subject to hydrolysis) is 1. The van der Waals surface area contributed by atoms with Crippen LogP contribution in [-0.2, 0) is 25.7 Å². The molecule has 0 unspecified atom stereocenters. The molecule has 13 heteroatoms. The molecule has 2 aliphatic heterocycles. The van der Waals surface area contributed by atoms with Crippen LogP contribution >= 0.6 is 0 Å². The number of nitro groups is 1. The molecular weight excluding hydrogens is 500 g/mol. The summed E-state index contributed by atoms with van der Waals surface area (Å²) in [6, 6.07) is 14.6. The molecule has 2 heterocycles. The summed E-state index contributed by atoms with van der Waals surface area (Å²) in [7, 11) is 0. The summed E-state index contributed by atoms with van der Waals surface area (Å²) in [4.78, 5) is 42.2. The van der Waals surface area contributed by atoms with E-state index in [2.05, 4.69) is 10.2 Å². The van der Waals surface area contributed by atoms with Gasteiger partial charge in [-0.1, -0.05) is 42.5 Å². The Kier molecular flexibility index (Phi) is 8.11. The van der Waals surface area contributed by atoms with Crippen LogP contribution in [0.1, 0.15) is 25.3 Å². The molecule has 38 heavy (non-hydrogen) atoms. The number of amides is 1. The second-order valence-electron chi connectivity index (χ2n) is 9.33. The van der Waals surface area contributed by atoms with Crippen molar-refractivity contribution in [1.29, 1.82) is 0 Å². The maximum absolute atomic E-state index is 12.2. The Labute approximate surface area is 218 Å². The summed E-state index contributed by atoms with van der Waals surface area (Å²) in [5, 5.41) is 25.1. The van der Waals surface area contributed by atoms with Crippen molar-refractivity contribution in [2.45, 2.75) is 44.0 Å². The number of piperidine rings is 1. The van der Waals surface area contributed by atoms with Crippen molar-refractivity contribution in [1.82, 2.24) is 10.2 Å². The number of para-hydroxylation sites is 2. The van der Waals surface area contributed by atoms with Crippen molar-refractivity contribution in [3.63, 3.8) is 0 Å². The molecule has 0 spiro atoms. The number of nitro benzene ring substituents is 1. The fourth-order valence-electron chi connectivity index (χ4n) is 4.70. The molecule has 2 fully saturated rings. The fourth-order valence-corrected chi connectivity index (χ4v) is 4.70. The van der Waals surface area contributed by atoms with Crippen molar-refractivity contribution >= 4 is 17.7 Å². The van der Waals surface area contributed by atoms with Crippen molar-refractivity contribution in [3.8, 4) is 5.75 Å². The SMILES string of the molecule is C[C@H](CN1CCC([C@](ON)(Oc2ccccc2[N+](=O)[O-])[C@@]2(O)OC2=O)CC1)NC(=O)OCc1ccccc1. The van der Waals surface area contributed by atoms with Gasteiger partial charge in [0.1, 0.15) is 6.61 Å². The zero-order valence-corrected chi connectivity index (χ0v) is 20.8. The van der Waals surface area contributed by atoms with Gasteiger partial charge in [-0.2, -0.15) is 0 Å². The smallest absolute Gasteiger partial charge is 0.407 e. The average molecular weight is 531 g/mol. The number of likely N-dealkylation sites (tertiary alicyclic amines) is 1. The van der Waals surface area contributed by atoms with Gasteiger partial charge in [0, 0.05) is 24.6 Å². The van der Waals surface area contributed by atoms with Crippen LogP contribution in [-0.4, -0.2) is 64.2 Å². The number of ether oxygens (including phenoxy) is 3. The first-order valence-electron chi connectivity index (χ1n) is 12.1. The summed E-state index contributed by atoms with van der Waals surface area (Å²) in [6.45, 7) is 3.47. The van der Waals surface area contributed by atoms with Crippen LogP contribution in [0, 0.1) is 16.0 Å². The lowest BCUT2D eigenvalue weighted by molar-refractivity contribution is -0.389. The van der Waals surface area contributed by atoms with Gasteiger partial charge >= 0.3 is 29.3 Å². The Bertz CT molecular complexity index is 1160. The molecule has 4 N–H and O–H groups in total. The molecule has 2 aliphatic rings. The number of cyclic esters (lactones) is 1. The monoisotopic (exact) mass is 530 g/mol. The van der Waals surface area contributed by atoms with Gasteiger partial charge in [0.05, 0.1) is 4.92 Å². The first-order chi connectivity index (χ1) is 18.2. The minimum atomic E-state index is -2.50. The van der Waals surface area contributed by atoms with E-state index in [1.807, 2.05) is 37.3 Å². The molecule has 0 aliphatic carbocycles. The molecule has 13 nitrogen and oxygen atoms in total. The van der Waals surface area contributed by atoms with E-state index in [0.29, 0.717) is 32.5 Å². The van der Waals surface area contributed by atoms with Gasteiger partial charge < -0.3 is 29.5 Å². The number of benzene rings is 2. The predicted octanol–water partition coefficient (Wildman–Crippen LogP) is 1.83. The second-order valence-corrected chi connectivity index (χ2v) is 9.33. The third-order valence-corrected chi connectivity index (χ3v) is 6.68. The number of nitrogens with zero attached hydrogens (tertiary/aromatic N) is 2. The normalized spacial score (nSPS) is 22.0. The number of hydrogen-bond acceptors (Lipinski definition) is 11. The molecule has 204 valence electrons. The average Bonchev–Trinajstić information content (AvgIpc) is 3.54.